The Morgan fingerprint density at radius 3 is 2.57 bits per heavy atom. The van der Waals surface area contributed by atoms with Gasteiger partial charge in [0.15, 0.2) is 0 Å². The molecule has 0 aliphatic rings. The summed E-state index contributed by atoms with van der Waals surface area (Å²) in [4.78, 5) is 12.2. The van der Waals surface area contributed by atoms with Gasteiger partial charge in [-0.1, -0.05) is 24.3 Å². The van der Waals surface area contributed by atoms with Gasteiger partial charge in [0.1, 0.15) is 0 Å². The van der Waals surface area contributed by atoms with Gasteiger partial charge >= 0.3 is 6.09 Å². The molecule has 0 aromatic heterocycles. The van der Waals surface area contributed by atoms with E-state index in [0.717, 1.165) is 11.1 Å². The zero-order valence-electron chi connectivity index (χ0n) is 8.53. The van der Waals surface area contributed by atoms with E-state index in [0.29, 0.717) is 13.1 Å². The van der Waals surface area contributed by atoms with Crippen LogP contribution in [-0.4, -0.2) is 22.6 Å². The molecule has 0 spiro atoms. The zero-order chi connectivity index (χ0) is 10.6. The van der Waals surface area contributed by atoms with Gasteiger partial charge in [0.05, 0.1) is 0 Å². The third kappa shape index (κ3) is 2.49. The molecule has 0 atom stereocenters. The summed E-state index contributed by atoms with van der Waals surface area (Å²) in [6.07, 6.45) is -0.865. The SMILES string of the molecule is CCN(Cc1ccccc1C)C(=O)O. The number of nitrogens with zero attached hydrogens (tertiary/aromatic N) is 1. The van der Waals surface area contributed by atoms with Gasteiger partial charge in [-0.3, -0.25) is 0 Å². The van der Waals surface area contributed by atoms with Crippen LogP contribution in [0.15, 0.2) is 24.3 Å². The second-order valence-corrected chi connectivity index (χ2v) is 3.22. The number of benzene rings is 1. The second-order valence-electron chi connectivity index (χ2n) is 3.22. The van der Waals surface area contributed by atoms with Gasteiger partial charge in [-0.15, -0.1) is 0 Å². The van der Waals surface area contributed by atoms with Crippen molar-refractivity contribution < 1.29 is 9.90 Å². The molecule has 0 saturated carbocycles. The molecule has 3 nitrogen and oxygen atoms in total. The molecule has 0 radical (unpaired) electrons. The fourth-order valence-corrected chi connectivity index (χ4v) is 1.31. The monoisotopic (exact) mass is 193 g/mol. The van der Waals surface area contributed by atoms with Crippen LogP contribution >= 0.6 is 0 Å². The van der Waals surface area contributed by atoms with Crippen molar-refractivity contribution in [1.82, 2.24) is 4.90 Å². The topological polar surface area (TPSA) is 40.5 Å². The van der Waals surface area contributed by atoms with Crippen LogP contribution in [0.3, 0.4) is 0 Å². The van der Waals surface area contributed by atoms with Crippen molar-refractivity contribution in [2.24, 2.45) is 0 Å². The molecular formula is C11H15NO2. The summed E-state index contributed by atoms with van der Waals surface area (Å²) >= 11 is 0. The zero-order valence-corrected chi connectivity index (χ0v) is 8.53. The van der Waals surface area contributed by atoms with E-state index >= 15 is 0 Å². The Morgan fingerprint density at radius 2 is 2.07 bits per heavy atom. The Hall–Kier alpha value is -1.51. The fraction of sp³-hybridized carbons (Fsp3) is 0.364. The molecule has 1 aromatic rings. The quantitative estimate of drug-likeness (QED) is 0.801. The lowest BCUT2D eigenvalue weighted by atomic mass is 10.1. The Labute approximate surface area is 84.0 Å². The highest BCUT2D eigenvalue weighted by atomic mass is 16.4. The van der Waals surface area contributed by atoms with Crippen molar-refractivity contribution in [3.8, 4) is 0 Å². The van der Waals surface area contributed by atoms with Gasteiger partial charge in [-0.05, 0) is 25.0 Å². The van der Waals surface area contributed by atoms with Crippen molar-refractivity contribution in [3.05, 3.63) is 35.4 Å². The van der Waals surface area contributed by atoms with E-state index in [1.807, 2.05) is 38.1 Å². The average Bonchev–Trinajstić information content (AvgIpc) is 2.16. The summed E-state index contributed by atoms with van der Waals surface area (Å²) in [5, 5.41) is 8.85. The van der Waals surface area contributed by atoms with E-state index in [9.17, 15) is 4.79 Å². The van der Waals surface area contributed by atoms with Crippen LogP contribution < -0.4 is 0 Å². The van der Waals surface area contributed by atoms with Crippen LogP contribution in [0, 0.1) is 6.92 Å². The number of carboxylic acid groups (broad SMARTS) is 1. The Balaban J connectivity index is 2.77. The Kier molecular flexibility index (Phi) is 3.51. The molecule has 0 bridgehead atoms. The molecule has 0 fully saturated rings. The summed E-state index contributed by atoms with van der Waals surface area (Å²) in [7, 11) is 0. The van der Waals surface area contributed by atoms with Gasteiger partial charge in [0, 0.05) is 13.1 Å². The number of aryl methyl sites for hydroxylation is 1. The molecule has 0 aliphatic carbocycles. The minimum atomic E-state index is -0.865. The first-order chi connectivity index (χ1) is 6.65. The van der Waals surface area contributed by atoms with Gasteiger partial charge in [0.2, 0.25) is 0 Å². The first-order valence-electron chi connectivity index (χ1n) is 4.67. The average molecular weight is 193 g/mol. The van der Waals surface area contributed by atoms with Crippen LogP contribution in [0.1, 0.15) is 18.1 Å². The van der Waals surface area contributed by atoms with Crippen LogP contribution in [0.5, 0.6) is 0 Å². The predicted molar refractivity (Wildman–Crippen MR) is 55.3 cm³/mol. The molecule has 3 heteroatoms. The molecule has 1 aromatic carbocycles. The lowest BCUT2D eigenvalue weighted by Crippen LogP contribution is -2.28. The number of carbonyl (C=O) groups is 1. The highest BCUT2D eigenvalue weighted by Gasteiger charge is 2.10. The van der Waals surface area contributed by atoms with Gasteiger partial charge in [-0.2, -0.15) is 0 Å². The summed E-state index contributed by atoms with van der Waals surface area (Å²) in [5.74, 6) is 0. The standard InChI is InChI=1S/C11H15NO2/c1-3-12(11(13)14)8-10-7-5-4-6-9(10)2/h4-7H,3,8H2,1-2H3,(H,13,14). The van der Waals surface area contributed by atoms with Crippen LogP contribution in [0.2, 0.25) is 0 Å². The number of hydrogen-bond donors (Lipinski definition) is 1. The summed E-state index contributed by atoms with van der Waals surface area (Å²) < 4.78 is 0. The molecule has 1 amide bonds. The third-order valence-electron chi connectivity index (χ3n) is 2.27. The highest BCUT2D eigenvalue weighted by molar-refractivity contribution is 5.65. The summed E-state index contributed by atoms with van der Waals surface area (Å²) in [6.45, 7) is 4.82. The molecule has 0 saturated heterocycles. The fourth-order valence-electron chi connectivity index (χ4n) is 1.31. The first-order valence-corrected chi connectivity index (χ1v) is 4.67. The molecule has 76 valence electrons. The van der Waals surface area contributed by atoms with E-state index in [1.165, 1.54) is 4.90 Å². The van der Waals surface area contributed by atoms with E-state index < -0.39 is 6.09 Å². The van der Waals surface area contributed by atoms with Crippen molar-refractivity contribution in [2.75, 3.05) is 6.54 Å². The minimum absolute atomic E-state index is 0.471. The van der Waals surface area contributed by atoms with E-state index in [1.54, 1.807) is 0 Å². The van der Waals surface area contributed by atoms with Crippen LogP contribution in [-0.2, 0) is 6.54 Å². The highest BCUT2D eigenvalue weighted by Crippen LogP contribution is 2.10. The maximum Gasteiger partial charge on any atom is 0.407 e. The maximum absolute atomic E-state index is 10.8. The molecule has 14 heavy (non-hydrogen) atoms. The van der Waals surface area contributed by atoms with Crippen molar-refractivity contribution in [2.45, 2.75) is 20.4 Å². The third-order valence-corrected chi connectivity index (χ3v) is 2.27. The smallest absolute Gasteiger partial charge is 0.407 e. The largest absolute Gasteiger partial charge is 0.465 e. The molecule has 0 heterocycles. The molecule has 0 unspecified atom stereocenters. The normalized spacial score (nSPS) is 9.86. The van der Waals surface area contributed by atoms with Crippen molar-refractivity contribution in [3.63, 3.8) is 0 Å². The second kappa shape index (κ2) is 4.65. The lowest BCUT2D eigenvalue weighted by molar-refractivity contribution is 0.145. The Morgan fingerprint density at radius 1 is 1.43 bits per heavy atom. The van der Waals surface area contributed by atoms with E-state index in [4.69, 9.17) is 5.11 Å². The molecule has 1 N–H and O–H groups in total. The molecule has 0 aliphatic heterocycles. The van der Waals surface area contributed by atoms with Gasteiger partial charge in [0.25, 0.3) is 0 Å². The number of amides is 1. The maximum atomic E-state index is 10.8. The van der Waals surface area contributed by atoms with Crippen LogP contribution in [0.25, 0.3) is 0 Å². The lowest BCUT2D eigenvalue weighted by Gasteiger charge is -2.17. The minimum Gasteiger partial charge on any atom is -0.465 e. The number of hydrogen-bond acceptors (Lipinski definition) is 1. The van der Waals surface area contributed by atoms with Gasteiger partial charge < -0.3 is 10.0 Å². The van der Waals surface area contributed by atoms with E-state index in [-0.39, 0.29) is 0 Å². The molecule has 1 rings (SSSR count). The van der Waals surface area contributed by atoms with Crippen molar-refractivity contribution >= 4 is 6.09 Å². The summed E-state index contributed by atoms with van der Waals surface area (Å²) in [6, 6.07) is 7.83. The van der Waals surface area contributed by atoms with Gasteiger partial charge in [-0.25, -0.2) is 4.79 Å². The predicted octanol–water partition coefficient (Wildman–Crippen LogP) is 2.49. The summed E-state index contributed by atoms with van der Waals surface area (Å²) in [5.41, 5.74) is 2.20. The van der Waals surface area contributed by atoms with Crippen molar-refractivity contribution in [1.29, 1.82) is 0 Å². The number of rotatable bonds is 3. The Bertz CT molecular complexity index is 323. The van der Waals surface area contributed by atoms with E-state index in [2.05, 4.69) is 0 Å². The van der Waals surface area contributed by atoms with Crippen LogP contribution in [0.4, 0.5) is 4.79 Å². The first kappa shape index (κ1) is 10.6. The molecular weight excluding hydrogens is 178 g/mol.